The molecule has 0 bridgehead atoms. The fraction of sp³-hybridized carbons (Fsp3) is 0.133. The van der Waals surface area contributed by atoms with Gasteiger partial charge in [-0.25, -0.2) is 0 Å². The number of alkyl halides is 3. The second kappa shape index (κ2) is 7.01. The van der Waals surface area contributed by atoms with Gasteiger partial charge in [-0.2, -0.15) is 13.2 Å². The molecule has 0 fully saturated rings. The molecule has 128 valence electrons. The van der Waals surface area contributed by atoms with Crippen molar-refractivity contribution in [2.45, 2.75) is 22.9 Å². The van der Waals surface area contributed by atoms with E-state index in [9.17, 15) is 13.2 Å². The smallest absolute Gasteiger partial charge is 0.298 e. The molecule has 3 aromatic heterocycles. The first-order chi connectivity index (χ1) is 12.0. The Balaban J connectivity index is 1.90. The zero-order valence-corrected chi connectivity index (χ0v) is 13.5. The van der Waals surface area contributed by atoms with E-state index in [-0.39, 0.29) is 5.03 Å². The van der Waals surface area contributed by atoms with Crippen molar-refractivity contribution in [3.8, 4) is 11.4 Å². The van der Waals surface area contributed by atoms with E-state index < -0.39 is 11.9 Å². The van der Waals surface area contributed by atoms with E-state index in [4.69, 9.17) is 0 Å². The van der Waals surface area contributed by atoms with Crippen LogP contribution in [0.25, 0.3) is 11.4 Å². The molecule has 0 radical (unpaired) electrons. The predicted octanol–water partition coefficient (Wildman–Crippen LogP) is 3.49. The number of nitrogens with zero attached hydrogens (tertiary/aromatic N) is 6. The number of rotatable bonds is 5. The van der Waals surface area contributed by atoms with E-state index in [1.165, 1.54) is 6.07 Å². The zero-order chi connectivity index (χ0) is 17.9. The molecule has 6 nitrogen and oxygen atoms in total. The molecular formula is C15H11F3N6S. The molecule has 0 unspecified atom stereocenters. The van der Waals surface area contributed by atoms with Gasteiger partial charge in [0.2, 0.25) is 0 Å². The summed E-state index contributed by atoms with van der Waals surface area (Å²) in [5.74, 6) is 0.579. The molecule has 0 aliphatic carbocycles. The zero-order valence-electron chi connectivity index (χ0n) is 12.7. The van der Waals surface area contributed by atoms with Crippen LogP contribution in [0.4, 0.5) is 13.2 Å². The van der Waals surface area contributed by atoms with Gasteiger partial charge >= 0.3 is 6.18 Å². The molecule has 0 N–H and O–H groups in total. The Morgan fingerprint density at radius 3 is 2.56 bits per heavy atom. The molecule has 0 aromatic carbocycles. The fourth-order valence-electron chi connectivity index (χ4n) is 1.99. The third-order valence-corrected chi connectivity index (χ3v) is 3.99. The lowest BCUT2D eigenvalue weighted by molar-refractivity contribution is -0.141. The number of aromatic nitrogens is 6. The Bertz CT molecular complexity index is 861. The van der Waals surface area contributed by atoms with Crippen molar-refractivity contribution in [3.05, 3.63) is 55.0 Å². The number of hydrogen-bond donors (Lipinski definition) is 0. The van der Waals surface area contributed by atoms with Crippen molar-refractivity contribution >= 4 is 11.8 Å². The van der Waals surface area contributed by atoms with Crippen molar-refractivity contribution in [2.24, 2.45) is 0 Å². The van der Waals surface area contributed by atoms with Gasteiger partial charge in [0, 0.05) is 24.5 Å². The van der Waals surface area contributed by atoms with E-state index in [0.29, 0.717) is 17.5 Å². The first-order valence-electron chi connectivity index (χ1n) is 7.02. The summed E-state index contributed by atoms with van der Waals surface area (Å²) >= 11 is 1.07. The summed E-state index contributed by atoms with van der Waals surface area (Å²) < 4.78 is 39.4. The molecule has 10 heteroatoms. The Hall–Kier alpha value is -2.75. The summed E-state index contributed by atoms with van der Waals surface area (Å²) in [5.41, 5.74) is -0.275. The largest absolute Gasteiger partial charge is 0.435 e. The highest BCUT2D eigenvalue weighted by Crippen LogP contribution is 2.30. The minimum Gasteiger partial charge on any atom is -0.298 e. The van der Waals surface area contributed by atoms with Crippen LogP contribution in [-0.2, 0) is 12.7 Å². The highest BCUT2D eigenvalue weighted by molar-refractivity contribution is 7.99. The lowest BCUT2D eigenvalue weighted by Gasteiger charge is -2.07. The molecule has 0 amide bonds. The van der Waals surface area contributed by atoms with Crippen molar-refractivity contribution in [1.82, 2.24) is 29.9 Å². The molecule has 0 spiro atoms. The van der Waals surface area contributed by atoms with E-state index >= 15 is 0 Å². The molecule has 0 aliphatic rings. The second-order valence-corrected chi connectivity index (χ2v) is 5.79. The van der Waals surface area contributed by atoms with Crippen LogP contribution >= 0.6 is 11.8 Å². The normalized spacial score (nSPS) is 11.5. The average molecular weight is 364 g/mol. The first-order valence-corrected chi connectivity index (χ1v) is 7.84. The van der Waals surface area contributed by atoms with Gasteiger partial charge in [-0.15, -0.1) is 27.0 Å². The minimum absolute atomic E-state index is 0.281. The van der Waals surface area contributed by atoms with Gasteiger partial charge in [0.1, 0.15) is 5.03 Å². The molecule has 0 atom stereocenters. The quantitative estimate of drug-likeness (QED) is 0.646. The maximum atomic E-state index is 12.5. The molecule has 3 aromatic rings. The van der Waals surface area contributed by atoms with Gasteiger partial charge in [0.25, 0.3) is 0 Å². The molecule has 0 saturated heterocycles. The van der Waals surface area contributed by atoms with Crippen LogP contribution in [0, 0.1) is 0 Å². The van der Waals surface area contributed by atoms with Crippen LogP contribution in [-0.4, -0.2) is 29.9 Å². The Morgan fingerprint density at radius 1 is 1.12 bits per heavy atom. The molecule has 3 heterocycles. The van der Waals surface area contributed by atoms with Gasteiger partial charge in [0.15, 0.2) is 16.7 Å². The van der Waals surface area contributed by atoms with Crippen LogP contribution in [0.2, 0.25) is 0 Å². The van der Waals surface area contributed by atoms with Crippen LogP contribution in [0.3, 0.4) is 0 Å². The molecule has 0 saturated carbocycles. The van der Waals surface area contributed by atoms with Crippen LogP contribution in [0.15, 0.2) is 59.5 Å². The van der Waals surface area contributed by atoms with Crippen LogP contribution in [0.1, 0.15) is 5.69 Å². The van der Waals surface area contributed by atoms with Crippen molar-refractivity contribution in [1.29, 1.82) is 0 Å². The minimum atomic E-state index is -4.52. The topological polar surface area (TPSA) is 69.4 Å². The maximum Gasteiger partial charge on any atom is 0.435 e. The van der Waals surface area contributed by atoms with Crippen molar-refractivity contribution in [2.75, 3.05) is 0 Å². The summed E-state index contributed by atoms with van der Waals surface area (Å²) in [7, 11) is 0. The van der Waals surface area contributed by atoms with E-state index in [1.807, 2.05) is 6.07 Å². The van der Waals surface area contributed by atoms with Crippen molar-refractivity contribution in [3.63, 3.8) is 0 Å². The third-order valence-electron chi connectivity index (χ3n) is 3.07. The lowest BCUT2D eigenvalue weighted by atomic mass is 10.3. The molecule has 0 aliphatic heterocycles. The number of hydrogen-bond acceptors (Lipinski definition) is 6. The number of halogens is 3. The summed E-state index contributed by atoms with van der Waals surface area (Å²) in [6.45, 7) is 4.13. The highest BCUT2D eigenvalue weighted by Gasteiger charge is 2.33. The average Bonchev–Trinajstić information content (AvgIpc) is 2.98. The monoisotopic (exact) mass is 364 g/mol. The Labute approximate surface area is 144 Å². The Kier molecular flexibility index (Phi) is 4.79. The molecule has 25 heavy (non-hydrogen) atoms. The predicted molar refractivity (Wildman–Crippen MR) is 84.6 cm³/mol. The van der Waals surface area contributed by atoms with E-state index in [1.54, 1.807) is 29.1 Å². The van der Waals surface area contributed by atoms with Gasteiger partial charge in [-0.1, -0.05) is 6.08 Å². The Morgan fingerprint density at radius 2 is 1.96 bits per heavy atom. The van der Waals surface area contributed by atoms with E-state index in [0.717, 1.165) is 23.4 Å². The number of allylic oxidation sites excluding steroid dienone is 1. The highest BCUT2D eigenvalue weighted by atomic mass is 32.2. The molecule has 3 rings (SSSR count). The maximum absolute atomic E-state index is 12.5. The fourth-order valence-corrected chi connectivity index (χ4v) is 2.74. The molecular weight excluding hydrogens is 353 g/mol. The lowest BCUT2D eigenvalue weighted by Crippen LogP contribution is -2.09. The van der Waals surface area contributed by atoms with Crippen molar-refractivity contribution < 1.29 is 13.2 Å². The first kappa shape index (κ1) is 17.1. The van der Waals surface area contributed by atoms with E-state index in [2.05, 4.69) is 32.0 Å². The van der Waals surface area contributed by atoms with Gasteiger partial charge < -0.3 is 0 Å². The summed E-state index contributed by atoms with van der Waals surface area (Å²) in [6.07, 6.45) is 0.444. The van der Waals surface area contributed by atoms with Crippen LogP contribution < -0.4 is 0 Å². The summed E-state index contributed by atoms with van der Waals surface area (Å²) in [6, 6.07) is 5.74. The SMILES string of the molecule is C=CCn1c(Sc2ccc(C(F)(F)F)nn2)nnc1-c1cccnc1. The van der Waals surface area contributed by atoms with Gasteiger partial charge in [-0.05, 0) is 36.0 Å². The number of pyridine rings is 1. The summed E-state index contributed by atoms with van der Waals surface area (Å²) in [5, 5.41) is 15.8. The summed E-state index contributed by atoms with van der Waals surface area (Å²) in [4.78, 5) is 4.05. The standard InChI is InChI=1S/C15H11F3N6S/c1-2-8-24-13(10-4-3-7-19-9-10)22-23-14(24)25-12-6-5-11(20-21-12)15(16,17)18/h2-7,9H,1,8H2. The van der Waals surface area contributed by atoms with Gasteiger partial charge in [0.05, 0.1) is 0 Å². The van der Waals surface area contributed by atoms with Crippen LogP contribution in [0.5, 0.6) is 0 Å². The third kappa shape index (κ3) is 3.85. The second-order valence-electron chi connectivity index (χ2n) is 4.80. The van der Waals surface area contributed by atoms with Gasteiger partial charge in [-0.3, -0.25) is 9.55 Å².